The molecule has 2 atom stereocenters. The number of nitrogens with one attached hydrogen (secondary N) is 1. The van der Waals surface area contributed by atoms with Gasteiger partial charge in [0.25, 0.3) is 0 Å². The van der Waals surface area contributed by atoms with Gasteiger partial charge in [-0.2, -0.15) is 0 Å². The molecule has 1 aliphatic rings. The average molecular weight is 419 g/mol. The van der Waals surface area contributed by atoms with Gasteiger partial charge in [-0.3, -0.25) is 0 Å². The predicted molar refractivity (Wildman–Crippen MR) is 95.6 cm³/mol. The lowest BCUT2D eigenvalue weighted by Gasteiger charge is -2.34. The molecule has 0 radical (unpaired) electrons. The van der Waals surface area contributed by atoms with Crippen LogP contribution in [0.2, 0.25) is 0 Å². The fourth-order valence-corrected chi connectivity index (χ4v) is 4.44. The standard InChI is InChI=1S/C17H25Br2NO/c1-6-20-15(12-9-11(18)7-8-14(12)19)13-10-16(2,3)21-17(13,4)5/h7-9,13,15,20H,6,10H2,1-5H3. The SMILES string of the molecule is CCNC(c1cc(Br)ccc1Br)C1CC(C)(C)OC1(C)C. The number of benzene rings is 1. The number of hydrogen-bond acceptors (Lipinski definition) is 2. The van der Waals surface area contributed by atoms with Crippen molar-refractivity contribution >= 4 is 31.9 Å². The van der Waals surface area contributed by atoms with E-state index in [-0.39, 0.29) is 17.2 Å². The van der Waals surface area contributed by atoms with Gasteiger partial charge in [-0.1, -0.05) is 38.8 Å². The van der Waals surface area contributed by atoms with E-state index in [0.29, 0.717) is 5.92 Å². The van der Waals surface area contributed by atoms with Crippen molar-refractivity contribution in [2.45, 2.75) is 58.3 Å². The molecule has 1 fully saturated rings. The van der Waals surface area contributed by atoms with Crippen molar-refractivity contribution in [2.24, 2.45) is 5.92 Å². The first-order valence-electron chi connectivity index (χ1n) is 7.55. The third-order valence-electron chi connectivity index (χ3n) is 4.26. The van der Waals surface area contributed by atoms with Gasteiger partial charge in [0.15, 0.2) is 0 Å². The zero-order chi connectivity index (χ0) is 15.8. The molecule has 0 spiro atoms. The number of ether oxygens (including phenoxy) is 1. The molecule has 0 amide bonds. The lowest BCUT2D eigenvalue weighted by molar-refractivity contribution is -0.0778. The van der Waals surface area contributed by atoms with E-state index in [1.165, 1.54) is 5.56 Å². The van der Waals surface area contributed by atoms with E-state index in [4.69, 9.17) is 4.74 Å². The Morgan fingerprint density at radius 3 is 2.48 bits per heavy atom. The fourth-order valence-electron chi connectivity index (χ4n) is 3.57. The van der Waals surface area contributed by atoms with Crippen LogP contribution in [0.1, 0.15) is 52.6 Å². The maximum Gasteiger partial charge on any atom is 0.0681 e. The lowest BCUT2D eigenvalue weighted by Crippen LogP contribution is -2.38. The summed E-state index contributed by atoms with van der Waals surface area (Å²) in [5.74, 6) is 0.429. The summed E-state index contributed by atoms with van der Waals surface area (Å²) < 4.78 is 8.56. The van der Waals surface area contributed by atoms with Gasteiger partial charge in [0.2, 0.25) is 0 Å². The van der Waals surface area contributed by atoms with Gasteiger partial charge in [0.05, 0.1) is 11.2 Å². The third-order valence-corrected chi connectivity index (χ3v) is 5.48. The highest BCUT2D eigenvalue weighted by atomic mass is 79.9. The molecular formula is C17H25Br2NO. The Kier molecular flexibility index (Phi) is 5.24. The molecule has 1 aliphatic heterocycles. The Morgan fingerprint density at radius 2 is 1.95 bits per heavy atom. The first kappa shape index (κ1) is 17.5. The topological polar surface area (TPSA) is 21.3 Å². The van der Waals surface area contributed by atoms with E-state index in [1.807, 2.05) is 0 Å². The van der Waals surface area contributed by atoms with E-state index in [0.717, 1.165) is 21.9 Å². The van der Waals surface area contributed by atoms with Crippen molar-refractivity contribution < 1.29 is 4.74 Å². The molecule has 2 unspecified atom stereocenters. The van der Waals surface area contributed by atoms with Crippen LogP contribution in [0, 0.1) is 5.92 Å². The molecule has 4 heteroatoms. The van der Waals surface area contributed by atoms with Gasteiger partial charge in [-0.25, -0.2) is 0 Å². The molecule has 1 heterocycles. The second-order valence-corrected chi connectivity index (χ2v) is 8.75. The van der Waals surface area contributed by atoms with E-state index in [1.54, 1.807) is 0 Å². The summed E-state index contributed by atoms with van der Waals surface area (Å²) in [6, 6.07) is 6.66. The van der Waals surface area contributed by atoms with Crippen molar-refractivity contribution in [3.05, 3.63) is 32.7 Å². The minimum atomic E-state index is -0.141. The largest absolute Gasteiger partial charge is 0.369 e. The van der Waals surface area contributed by atoms with E-state index in [9.17, 15) is 0 Å². The maximum absolute atomic E-state index is 6.30. The lowest BCUT2D eigenvalue weighted by atomic mass is 9.79. The molecule has 21 heavy (non-hydrogen) atoms. The van der Waals surface area contributed by atoms with Crippen LogP contribution in [0.4, 0.5) is 0 Å². The molecule has 0 saturated carbocycles. The predicted octanol–water partition coefficient (Wildman–Crippen LogP) is 5.46. The summed E-state index contributed by atoms with van der Waals surface area (Å²) in [7, 11) is 0. The zero-order valence-electron chi connectivity index (χ0n) is 13.5. The zero-order valence-corrected chi connectivity index (χ0v) is 16.6. The molecule has 2 nitrogen and oxygen atoms in total. The number of rotatable bonds is 4. The highest BCUT2D eigenvalue weighted by Crippen LogP contribution is 2.48. The van der Waals surface area contributed by atoms with Crippen LogP contribution in [0.3, 0.4) is 0 Å². The molecule has 0 aromatic heterocycles. The number of halogens is 2. The third kappa shape index (κ3) is 3.90. The molecular weight excluding hydrogens is 394 g/mol. The van der Waals surface area contributed by atoms with Crippen molar-refractivity contribution in [1.29, 1.82) is 0 Å². The molecule has 1 saturated heterocycles. The van der Waals surface area contributed by atoms with Crippen molar-refractivity contribution in [3.63, 3.8) is 0 Å². The molecule has 0 bridgehead atoms. The smallest absolute Gasteiger partial charge is 0.0681 e. The van der Waals surface area contributed by atoms with Gasteiger partial charge >= 0.3 is 0 Å². The normalized spacial score (nSPS) is 25.0. The van der Waals surface area contributed by atoms with Crippen LogP contribution >= 0.6 is 31.9 Å². The van der Waals surface area contributed by atoms with Crippen molar-refractivity contribution in [1.82, 2.24) is 5.32 Å². The highest BCUT2D eigenvalue weighted by Gasteiger charge is 2.49. The summed E-state index contributed by atoms with van der Waals surface area (Å²) in [6.07, 6.45) is 1.05. The maximum atomic E-state index is 6.30. The van der Waals surface area contributed by atoms with Gasteiger partial charge in [0.1, 0.15) is 0 Å². The summed E-state index contributed by atoms with van der Waals surface area (Å²) in [5, 5.41) is 3.67. The van der Waals surface area contributed by atoms with Crippen LogP contribution in [-0.4, -0.2) is 17.7 Å². The van der Waals surface area contributed by atoms with Crippen molar-refractivity contribution in [2.75, 3.05) is 6.54 Å². The van der Waals surface area contributed by atoms with Gasteiger partial charge in [-0.05, 0) is 64.4 Å². The minimum absolute atomic E-state index is 0.0691. The summed E-state index contributed by atoms with van der Waals surface area (Å²) in [6.45, 7) is 11.9. The fraction of sp³-hybridized carbons (Fsp3) is 0.647. The van der Waals surface area contributed by atoms with Crippen LogP contribution in [-0.2, 0) is 4.74 Å². The molecule has 118 valence electrons. The monoisotopic (exact) mass is 417 g/mol. The van der Waals surface area contributed by atoms with E-state index < -0.39 is 0 Å². The van der Waals surface area contributed by atoms with Gasteiger partial charge < -0.3 is 10.1 Å². The quantitative estimate of drug-likeness (QED) is 0.701. The van der Waals surface area contributed by atoms with E-state index in [2.05, 4.69) is 90.0 Å². The second kappa shape index (κ2) is 6.31. The molecule has 0 aliphatic carbocycles. The Balaban J connectivity index is 2.42. The van der Waals surface area contributed by atoms with Crippen molar-refractivity contribution in [3.8, 4) is 0 Å². The van der Waals surface area contributed by atoms with Crippen LogP contribution in [0.5, 0.6) is 0 Å². The molecule has 1 aromatic rings. The summed E-state index contributed by atoms with van der Waals surface area (Å²) in [5.41, 5.74) is 1.09. The Bertz CT molecular complexity index is 514. The average Bonchev–Trinajstić information content (AvgIpc) is 2.57. The second-order valence-electron chi connectivity index (χ2n) is 6.98. The van der Waals surface area contributed by atoms with Crippen LogP contribution in [0.15, 0.2) is 27.1 Å². The first-order valence-corrected chi connectivity index (χ1v) is 9.13. The first-order chi connectivity index (χ1) is 9.66. The Labute approximate surface area is 145 Å². The Morgan fingerprint density at radius 1 is 1.29 bits per heavy atom. The van der Waals surface area contributed by atoms with Crippen LogP contribution in [0.25, 0.3) is 0 Å². The summed E-state index contributed by atoms with van der Waals surface area (Å²) >= 11 is 7.31. The summed E-state index contributed by atoms with van der Waals surface area (Å²) in [4.78, 5) is 0. The van der Waals surface area contributed by atoms with Gasteiger partial charge in [-0.15, -0.1) is 0 Å². The Hall–Kier alpha value is 0.1000. The van der Waals surface area contributed by atoms with E-state index >= 15 is 0 Å². The molecule has 1 N–H and O–H groups in total. The minimum Gasteiger partial charge on any atom is -0.369 e. The number of hydrogen-bond donors (Lipinski definition) is 1. The molecule has 2 rings (SSSR count). The van der Waals surface area contributed by atoms with Gasteiger partial charge in [0, 0.05) is 20.9 Å². The highest BCUT2D eigenvalue weighted by molar-refractivity contribution is 9.11. The molecule has 1 aromatic carbocycles. The van der Waals surface area contributed by atoms with Crippen LogP contribution < -0.4 is 5.32 Å².